The molecule has 3 rings (SSSR count). The van der Waals surface area contributed by atoms with Crippen molar-refractivity contribution in [1.29, 1.82) is 0 Å². The van der Waals surface area contributed by atoms with E-state index in [9.17, 15) is 9.59 Å². The highest BCUT2D eigenvalue weighted by Gasteiger charge is 2.39. The summed E-state index contributed by atoms with van der Waals surface area (Å²) in [5, 5.41) is 3.56. The average Bonchev–Trinajstić information content (AvgIpc) is 3.00. The Morgan fingerprint density at radius 2 is 1.72 bits per heavy atom. The van der Waals surface area contributed by atoms with Gasteiger partial charge in [0.2, 0.25) is 0 Å². The van der Waals surface area contributed by atoms with Crippen LogP contribution in [-0.2, 0) is 14.3 Å². The van der Waals surface area contributed by atoms with Gasteiger partial charge in [-0.3, -0.25) is 14.5 Å². The predicted octanol–water partition coefficient (Wildman–Crippen LogP) is 4.36. The van der Waals surface area contributed by atoms with E-state index >= 15 is 0 Å². The van der Waals surface area contributed by atoms with E-state index in [1.807, 2.05) is 13.8 Å². The van der Waals surface area contributed by atoms with E-state index in [2.05, 4.69) is 5.32 Å². The van der Waals surface area contributed by atoms with E-state index < -0.39 is 5.91 Å². The molecule has 0 radical (unpaired) electrons. The largest absolute Gasteiger partial charge is 0.497 e. The van der Waals surface area contributed by atoms with Crippen LogP contribution in [0.4, 0.5) is 5.69 Å². The van der Waals surface area contributed by atoms with Crippen molar-refractivity contribution in [1.82, 2.24) is 4.90 Å². The standard InChI is InChI=1S/C24H27ClN2O5/c1-15(2)32-13-5-12-27-23(28)21(16-6-9-18(30-3)10-7-16)22(24(27)29)26-19-14-17(25)8-11-20(19)31-4/h6-11,14-15,26H,5,12-13H2,1-4H3. The van der Waals surface area contributed by atoms with Crippen LogP contribution in [-0.4, -0.2) is 50.2 Å². The van der Waals surface area contributed by atoms with Gasteiger partial charge in [0.15, 0.2) is 0 Å². The number of carbonyl (C=O) groups excluding carboxylic acids is 2. The van der Waals surface area contributed by atoms with Crippen molar-refractivity contribution >= 4 is 34.7 Å². The molecule has 0 spiro atoms. The third-order valence-electron chi connectivity index (χ3n) is 4.95. The molecule has 0 saturated heterocycles. The molecule has 0 aromatic heterocycles. The van der Waals surface area contributed by atoms with Crippen LogP contribution in [0.15, 0.2) is 48.2 Å². The zero-order chi connectivity index (χ0) is 23.3. The zero-order valence-electron chi connectivity index (χ0n) is 18.6. The molecule has 0 atom stereocenters. The highest BCUT2D eigenvalue weighted by Crippen LogP contribution is 2.35. The summed E-state index contributed by atoms with van der Waals surface area (Å²) in [4.78, 5) is 27.8. The summed E-state index contributed by atoms with van der Waals surface area (Å²) in [5.41, 5.74) is 1.55. The Balaban J connectivity index is 1.96. The normalized spacial score (nSPS) is 13.9. The summed E-state index contributed by atoms with van der Waals surface area (Å²) in [7, 11) is 3.09. The number of amides is 2. The van der Waals surface area contributed by atoms with E-state index in [0.717, 1.165) is 0 Å². The van der Waals surface area contributed by atoms with Crippen molar-refractivity contribution in [2.45, 2.75) is 26.4 Å². The number of nitrogens with one attached hydrogen (secondary N) is 1. The molecule has 2 amide bonds. The molecule has 0 fully saturated rings. The maximum absolute atomic E-state index is 13.3. The fourth-order valence-corrected chi connectivity index (χ4v) is 3.55. The number of rotatable bonds is 10. The fraction of sp³-hybridized carbons (Fsp3) is 0.333. The molecule has 1 aliphatic heterocycles. The first-order valence-corrected chi connectivity index (χ1v) is 10.7. The first-order chi connectivity index (χ1) is 15.3. The van der Waals surface area contributed by atoms with E-state index in [-0.39, 0.29) is 29.8 Å². The van der Waals surface area contributed by atoms with Crippen LogP contribution in [0.2, 0.25) is 5.02 Å². The van der Waals surface area contributed by atoms with E-state index in [0.29, 0.717) is 40.8 Å². The Morgan fingerprint density at radius 1 is 1.00 bits per heavy atom. The number of ether oxygens (including phenoxy) is 3. The SMILES string of the molecule is COc1ccc(C2=C(Nc3cc(Cl)ccc3OC)C(=O)N(CCCOC(C)C)C2=O)cc1. The summed E-state index contributed by atoms with van der Waals surface area (Å²) >= 11 is 6.15. The van der Waals surface area contributed by atoms with Crippen LogP contribution >= 0.6 is 11.6 Å². The van der Waals surface area contributed by atoms with Gasteiger partial charge >= 0.3 is 0 Å². The lowest BCUT2D eigenvalue weighted by atomic mass is 10.0. The fourth-order valence-electron chi connectivity index (χ4n) is 3.37. The quantitative estimate of drug-likeness (QED) is 0.421. The highest BCUT2D eigenvalue weighted by molar-refractivity contribution is 6.36. The number of methoxy groups -OCH3 is 2. The Labute approximate surface area is 192 Å². The third kappa shape index (κ3) is 5.23. The molecule has 0 aliphatic carbocycles. The van der Waals surface area contributed by atoms with E-state index in [1.165, 1.54) is 12.0 Å². The molecule has 0 unspecified atom stereocenters. The molecule has 7 nitrogen and oxygen atoms in total. The number of benzene rings is 2. The smallest absolute Gasteiger partial charge is 0.278 e. The summed E-state index contributed by atoms with van der Waals surface area (Å²) in [6, 6.07) is 12.0. The van der Waals surface area contributed by atoms with Crippen LogP contribution in [0.1, 0.15) is 25.8 Å². The second kappa shape index (κ2) is 10.5. The molecule has 0 saturated carbocycles. The van der Waals surface area contributed by atoms with Crippen LogP contribution in [0.5, 0.6) is 11.5 Å². The van der Waals surface area contributed by atoms with Crippen molar-refractivity contribution in [2.75, 3.05) is 32.7 Å². The first kappa shape index (κ1) is 23.6. The molecule has 1 aliphatic rings. The molecular weight excluding hydrogens is 432 g/mol. The molecule has 32 heavy (non-hydrogen) atoms. The first-order valence-electron chi connectivity index (χ1n) is 10.3. The lowest BCUT2D eigenvalue weighted by Gasteiger charge is -2.16. The number of halogens is 1. The Kier molecular flexibility index (Phi) is 7.77. The van der Waals surface area contributed by atoms with Crippen molar-refractivity contribution in [2.24, 2.45) is 0 Å². The lowest BCUT2D eigenvalue weighted by Crippen LogP contribution is -2.34. The van der Waals surface area contributed by atoms with Crippen LogP contribution in [0.25, 0.3) is 5.57 Å². The Hall–Kier alpha value is -3.03. The van der Waals surface area contributed by atoms with Crippen molar-refractivity contribution < 1.29 is 23.8 Å². The number of hydrogen-bond acceptors (Lipinski definition) is 6. The number of anilines is 1. The second-order valence-corrected chi connectivity index (χ2v) is 7.92. The predicted molar refractivity (Wildman–Crippen MR) is 124 cm³/mol. The molecule has 1 N–H and O–H groups in total. The monoisotopic (exact) mass is 458 g/mol. The van der Waals surface area contributed by atoms with Crippen molar-refractivity contribution in [3.8, 4) is 11.5 Å². The minimum Gasteiger partial charge on any atom is -0.497 e. The van der Waals surface area contributed by atoms with Gasteiger partial charge in [0.05, 0.1) is 31.6 Å². The summed E-state index contributed by atoms with van der Waals surface area (Å²) in [5.74, 6) is 0.375. The maximum Gasteiger partial charge on any atom is 0.278 e. The van der Waals surface area contributed by atoms with E-state index in [1.54, 1.807) is 49.6 Å². The maximum atomic E-state index is 13.3. The molecule has 1 heterocycles. The third-order valence-corrected chi connectivity index (χ3v) is 5.18. The second-order valence-electron chi connectivity index (χ2n) is 7.48. The van der Waals surface area contributed by atoms with Crippen molar-refractivity contribution in [3.05, 3.63) is 58.7 Å². The topological polar surface area (TPSA) is 77.1 Å². The number of hydrogen-bond donors (Lipinski definition) is 1. The van der Waals surface area contributed by atoms with Gasteiger partial charge in [0.25, 0.3) is 11.8 Å². The lowest BCUT2D eigenvalue weighted by molar-refractivity contribution is -0.137. The molecule has 2 aromatic carbocycles. The number of carbonyl (C=O) groups is 2. The van der Waals surface area contributed by atoms with Crippen molar-refractivity contribution in [3.63, 3.8) is 0 Å². The molecule has 0 bridgehead atoms. The van der Waals surface area contributed by atoms with Gasteiger partial charge in [-0.15, -0.1) is 0 Å². The summed E-state index contributed by atoms with van der Waals surface area (Å²) in [6.07, 6.45) is 0.625. The van der Waals surface area contributed by atoms with Gasteiger partial charge in [0.1, 0.15) is 17.2 Å². The van der Waals surface area contributed by atoms with Crippen LogP contribution in [0.3, 0.4) is 0 Å². The Morgan fingerprint density at radius 3 is 2.34 bits per heavy atom. The van der Waals surface area contributed by atoms with Crippen LogP contribution < -0.4 is 14.8 Å². The van der Waals surface area contributed by atoms with Gasteiger partial charge < -0.3 is 19.5 Å². The molecule has 8 heteroatoms. The molecule has 2 aromatic rings. The summed E-state index contributed by atoms with van der Waals surface area (Å²) < 4.78 is 16.1. The minimum atomic E-state index is -0.410. The van der Waals surface area contributed by atoms with Gasteiger partial charge in [0, 0.05) is 18.2 Å². The number of imide groups is 1. The number of nitrogens with zero attached hydrogens (tertiary/aromatic N) is 1. The van der Waals surface area contributed by atoms with Gasteiger partial charge in [-0.2, -0.15) is 0 Å². The molecular formula is C24H27ClN2O5. The minimum absolute atomic E-state index is 0.0838. The van der Waals surface area contributed by atoms with Gasteiger partial charge in [-0.25, -0.2) is 0 Å². The molecule has 170 valence electrons. The highest BCUT2D eigenvalue weighted by atomic mass is 35.5. The van der Waals surface area contributed by atoms with E-state index in [4.69, 9.17) is 25.8 Å². The zero-order valence-corrected chi connectivity index (χ0v) is 19.4. The van der Waals surface area contributed by atoms with Gasteiger partial charge in [-0.1, -0.05) is 23.7 Å². The average molecular weight is 459 g/mol. The Bertz CT molecular complexity index is 1020. The van der Waals surface area contributed by atoms with Crippen LogP contribution in [0, 0.1) is 0 Å². The van der Waals surface area contributed by atoms with Gasteiger partial charge in [-0.05, 0) is 56.2 Å². The summed E-state index contributed by atoms with van der Waals surface area (Å²) in [6.45, 7) is 4.59.